The Labute approximate surface area is 142 Å². The molecule has 2 aromatic rings. The first-order chi connectivity index (χ1) is 11.7. The average Bonchev–Trinajstić information content (AvgIpc) is 3.19. The fraction of sp³-hybridized carbons (Fsp3) is 0.400. The SMILES string of the molecule is O=C(c1ccccn1)N1[C@H]2CC[C@@H]1[C@@](CO)(Cc1ccccc1)C2. The zero-order valence-electron chi connectivity index (χ0n) is 13.6. The summed E-state index contributed by atoms with van der Waals surface area (Å²) in [7, 11) is 0. The lowest BCUT2D eigenvalue weighted by atomic mass is 9.70. The Kier molecular flexibility index (Phi) is 3.85. The molecule has 24 heavy (non-hydrogen) atoms. The summed E-state index contributed by atoms with van der Waals surface area (Å²) in [6, 6.07) is 16.1. The first-order valence-corrected chi connectivity index (χ1v) is 8.62. The summed E-state index contributed by atoms with van der Waals surface area (Å²) in [4.78, 5) is 19.2. The van der Waals surface area contributed by atoms with Gasteiger partial charge in [0.2, 0.25) is 0 Å². The molecular weight excluding hydrogens is 300 g/mol. The van der Waals surface area contributed by atoms with E-state index in [0.29, 0.717) is 5.69 Å². The minimum absolute atomic E-state index is 0.00601. The van der Waals surface area contributed by atoms with Gasteiger partial charge in [-0.2, -0.15) is 0 Å². The van der Waals surface area contributed by atoms with Gasteiger partial charge < -0.3 is 10.0 Å². The number of hydrogen-bond acceptors (Lipinski definition) is 3. The molecule has 4 heteroatoms. The Hall–Kier alpha value is -2.20. The minimum Gasteiger partial charge on any atom is -0.396 e. The molecule has 0 saturated carbocycles. The minimum atomic E-state index is -0.227. The Morgan fingerprint density at radius 2 is 1.96 bits per heavy atom. The van der Waals surface area contributed by atoms with E-state index >= 15 is 0 Å². The highest BCUT2D eigenvalue weighted by Gasteiger charge is 2.57. The second-order valence-electron chi connectivity index (χ2n) is 7.06. The third kappa shape index (κ3) is 2.42. The number of rotatable bonds is 4. The van der Waals surface area contributed by atoms with Gasteiger partial charge in [0.1, 0.15) is 5.69 Å². The second kappa shape index (κ2) is 6.02. The van der Waals surface area contributed by atoms with Gasteiger partial charge in [-0.15, -0.1) is 0 Å². The molecule has 0 radical (unpaired) electrons. The van der Waals surface area contributed by atoms with Crippen LogP contribution in [0.4, 0.5) is 0 Å². The topological polar surface area (TPSA) is 53.4 Å². The van der Waals surface area contributed by atoms with E-state index < -0.39 is 0 Å². The molecule has 1 amide bonds. The Balaban J connectivity index is 1.62. The van der Waals surface area contributed by atoms with Gasteiger partial charge in [-0.05, 0) is 43.4 Å². The molecule has 3 atom stereocenters. The third-order valence-electron chi connectivity index (χ3n) is 5.68. The van der Waals surface area contributed by atoms with Crippen molar-refractivity contribution in [1.29, 1.82) is 0 Å². The molecule has 1 aromatic carbocycles. The van der Waals surface area contributed by atoms with Crippen LogP contribution in [0.15, 0.2) is 54.7 Å². The molecule has 0 aliphatic carbocycles. The van der Waals surface area contributed by atoms with Crippen LogP contribution in [-0.4, -0.2) is 39.6 Å². The van der Waals surface area contributed by atoms with Gasteiger partial charge in [-0.1, -0.05) is 36.4 Å². The van der Waals surface area contributed by atoms with Crippen LogP contribution in [0, 0.1) is 5.41 Å². The van der Waals surface area contributed by atoms with Gasteiger partial charge in [-0.3, -0.25) is 9.78 Å². The smallest absolute Gasteiger partial charge is 0.272 e. The van der Waals surface area contributed by atoms with Gasteiger partial charge in [0.15, 0.2) is 0 Å². The van der Waals surface area contributed by atoms with Crippen molar-refractivity contribution in [3.05, 3.63) is 66.0 Å². The summed E-state index contributed by atoms with van der Waals surface area (Å²) in [6.45, 7) is 0.120. The van der Waals surface area contributed by atoms with Crippen molar-refractivity contribution in [1.82, 2.24) is 9.88 Å². The number of aromatic nitrogens is 1. The Morgan fingerprint density at radius 3 is 2.67 bits per heavy atom. The molecule has 2 saturated heterocycles. The van der Waals surface area contributed by atoms with Crippen LogP contribution in [0.2, 0.25) is 0 Å². The number of aliphatic hydroxyl groups excluding tert-OH is 1. The lowest BCUT2D eigenvalue weighted by Crippen LogP contribution is -2.44. The molecule has 2 aliphatic heterocycles. The molecule has 1 N–H and O–H groups in total. The Bertz CT molecular complexity index is 719. The van der Waals surface area contributed by atoms with E-state index in [1.165, 1.54) is 5.56 Å². The molecule has 4 rings (SSSR count). The van der Waals surface area contributed by atoms with E-state index in [-0.39, 0.29) is 30.0 Å². The fourth-order valence-electron chi connectivity index (χ4n) is 4.64. The van der Waals surface area contributed by atoms with Crippen LogP contribution < -0.4 is 0 Å². The van der Waals surface area contributed by atoms with Crippen molar-refractivity contribution in [3.8, 4) is 0 Å². The van der Waals surface area contributed by atoms with E-state index in [1.54, 1.807) is 12.3 Å². The molecule has 4 nitrogen and oxygen atoms in total. The first kappa shape index (κ1) is 15.3. The molecular formula is C20H22N2O2. The number of amides is 1. The van der Waals surface area contributed by atoms with E-state index in [4.69, 9.17) is 0 Å². The zero-order chi connectivity index (χ0) is 16.6. The third-order valence-corrected chi connectivity index (χ3v) is 5.68. The van der Waals surface area contributed by atoms with Crippen LogP contribution in [-0.2, 0) is 6.42 Å². The van der Waals surface area contributed by atoms with Crippen molar-refractivity contribution in [2.24, 2.45) is 5.41 Å². The number of pyridine rings is 1. The summed E-state index contributed by atoms with van der Waals surface area (Å²) in [6.07, 6.45) is 5.35. The van der Waals surface area contributed by atoms with Crippen molar-refractivity contribution >= 4 is 5.91 Å². The van der Waals surface area contributed by atoms with Crippen molar-refractivity contribution in [2.75, 3.05) is 6.61 Å². The van der Waals surface area contributed by atoms with Crippen LogP contribution in [0.25, 0.3) is 0 Å². The summed E-state index contributed by atoms with van der Waals surface area (Å²) in [5.74, 6) is 0.00601. The number of benzene rings is 1. The maximum atomic E-state index is 12.9. The Morgan fingerprint density at radius 1 is 1.17 bits per heavy atom. The monoisotopic (exact) mass is 322 g/mol. The highest BCUT2D eigenvalue weighted by atomic mass is 16.3. The highest BCUT2D eigenvalue weighted by Crippen LogP contribution is 2.51. The highest BCUT2D eigenvalue weighted by molar-refractivity contribution is 5.93. The molecule has 3 heterocycles. The molecule has 2 bridgehead atoms. The number of hydrogen-bond donors (Lipinski definition) is 1. The number of fused-ring (bicyclic) bond motifs is 2. The number of nitrogens with zero attached hydrogens (tertiary/aromatic N) is 2. The van der Waals surface area contributed by atoms with Crippen LogP contribution in [0.3, 0.4) is 0 Å². The molecule has 1 aromatic heterocycles. The molecule has 0 spiro atoms. The van der Waals surface area contributed by atoms with E-state index in [2.05, 4.69) is 17.1 Å². The average molecular weight is 322 g/mol. The molecule has 0 unspecified atom stereocenters. The maximum absolute atomic E-state index is 12.9. The van der Waals surface area contributed by atoms with Crippen molar-refractivity contribution in [3.63, 3.8) is 0 Å². The lowest BCUT2D eigenvalue weighted by molar-refractivity contribution is 0.0566. The van der Waals surface area contributed by atoms with Crippen LogP contribution in [0.1, 0.15) is 35.3 Å². The standard InChI is InChI=1S/C20H22N2O2/c23-14-20(12-15-6-2-1-3-7-15)13-16-9-10-18(20)22(16)19(24)17-8-4-5-11-21-17/h1-8,11,16,18,23H,9-10,12-14H2/t16-,18+,20-/m0/s1. The molecule has 124 valence electrons. The number of carbonyl (C=O) groups excluding carboxylic acids is 1. The van der Waals surface area contributed by atoms with Crippen LogP contribution >= 0.6 is 0 Å². The largest absolute Gasteiger partial charge is 0.396 e. The second-order valence-corrected chi connectivity index (χ2v) is 7.06. The van der Waals surface area contributed by atoms with E-state index in [9.17, 15) is 9.90 Å². The van der Waals surface area contributed by atoms with Gasteiger partial charge in [-0.25, -0.2) is 0 Å². The quantitative estimate of drug-likeness (QED) is 0.941. The van der Waals surface area contributed by atoms with Crippen LogP contribution in [0.5, 0.6) is 0 Å². The summed E-state index contributed by atoms with van der Waals surface area (Å²) in [5.41, 5.74) is 1.50. The normalized spacial score (nSPS) is 28.3. The van der Waals surface area contributed by atoms with Crippen molar-refractivity contribution < 1.29 is 9.90 Å². The van der Waals surface area contributed by atoms with Gasteiger partial charge >= 0.3 is 0 Å². The predicted molar refractivity (Wildman–Crippen MR) is 91.5 cm³/mol. The predicted octanol–water partition coefficient (Wildman–Crippen LogP) is 2.68. The van der Waals surface area contributed by atoms with Gasteiger partial charge in [0.25, 0.3) is 5.91 Å². The summed E-state index contributed by atoms with van der Waals surface area (Å²) in [5, 5.41) is 10.2. The molecule has 2 fully saturated rings. The van der Waals surface area contributed by atoms with E-state index in [1.807, 2.05) is 35.2 Å². The number of carbonyl (C=O) groups is 1. The van der Waals surface area contributed by atoms with E-state index in [0.717, 1.165) is 25.7 Å². The maximum Gasteiger partial charge on any atom is 0.272 e. The summed E-state index contributed by atoms with van der Waals surface area (Å²) < 4.78 is 0. The number of aliphatic hydroxyl groups is 1. The first-order valence-electron chi connectivity index (χ1n) is 8.62. The lowest BCUT2D eigenvalue weighted by Gasteiger charge is -2.36. The molecule has 2 aliphatic rings. The zero-order valence-corrected chi connectivity index (χ0v) is 13.6. The van der Waals surface area contributed by atoms with Gasteiger partial charge in [0, 0.05) is 23.7 Å². The fourth-order valence-corrected chi connectivity index (χ4v) is 4.64. The summed E-state index contributed by atoms with van der Waals surface area (Å²) >= 11 is 0. The van der Waals surface area contributed by atoms with Crippen molar-refractivity contribution in [2.45, 2.75) is 37.8 Å². The van der Waals surface area contributed by atoms with Gasteiger partial charge in [0.05, 0.1) is 6.61 Å².